The second-order valence-corrected chi connectivity index (χ2v) is 12.0. The Hall–Kier alpha value is -2.83. The standard InChI is InChI=1S/C15H15NO3.C12H19F3N2O2S/c1-9-3-2-4-11-12(9)8-16(15(11)19)13-6-5-10(17)7-14(13)18;1-3-4-11(2)9-16-5-7-17(8-6-16)20(18,19)10-12(13,14)15/h2-4,13H,5-8H2,1H3;3-4H,1,5-10H2,2H3/b;11-4+. The molecule has 1 aromatic carbocycles. The summed E-state index contributed by atoms with van der Waals surface area (Å²) in [5, 5.41) is 0. The molecule has 39 heavy (non-hydrogen) atoms. The Morgan fingerprint density at radius 2 is 1.79 bits per heavy atom. The monoisotopic (exact) mass is 569 g/mol. The van der Waals surface area contributed by atoms with E-state index in [-0.39, 0.29) is 37.0 Å². The van der Waals surface area contributed by atoms with Crippen LogP contribution >= 0.6 is 0 Å². The minimum absolute atomic E-state index is 0.0124. The predicted molar refractivity (Wildman–Crippen MR) is 141 cm³/mol. The highest BCUT2D eigenvalue weighted by Crippen LogP contribution is 2.30. The van der Waals surface area contributed by atoms with Gasteiger partial charge in [0, 0.05) is 51.3 Å². The number of piperazine rings is 1. The zero-order valence-corrected chi connectivity index (χ0v) is 23.0. The zero-order valence-electron chi connectivity index (χ0n) is 22.2. The maximum atomic E-state index is 12.4. The first kappa shape index (κ1) is 30.7. The average molecular weight is 570 g/mol. The van der Waals surface area contributed by atoms with Gasteiger partial charge in [-0.25, -0.2) is 8.42 Å². The van der Waals surface area contributed by atoms with Crippen molar-refractivity contribution in [1.82, 2.24) is 14.1 Å². The van der Waals surface area contributed by atoms with Gasteiger partial charge in [0.25, 0.3) is 5.91 Å². The molecular weight excluding hydrogens is 535 g/mol. The Labute approximate surface area is 227 Å². The third kappa shape index (κ3) is 8.09. The van der Waals surface area contributed by atoms with E-state index in [0.29, 0.717) is 44.6 Å². The molecule has 0 aromatic heterocycles. The molecule has 3 aliphatic rings. The molecule has 1 aromatic rings. The van der Waals surface area contributed by atoms with E-state index in [2.05, 4.69) is 6.58 Å². The second-order valence-electron chi connectivity index (χ2n) is 10.1. The molecule has 1 aliphatic carbocycles. The number of allylic oxidation sites excluding steroid dienone is 2. The lowest BCUT2D eigenvalue weighted by atomic mass is 9.92. The summed E-state index contributed by atoms with van der Waals surface area (Å²) in [6.07, 6.45) is -0.332. The lowest BCUT2D eigenvalue weighted by Gasteiger charge is -2.34. The summed E-state index contributed by atoms with van der Waals surface area (Å²) in [7, 11) is -4.25. The summed E-state index contributed by atoms with van der Waals surface area (Å²) in [5.74, 6) is -1.99. The van der Waals surface area contributed by atoms with Crippen LogP contribution in [0.2, 0.25) is 0 Å². The number of alkyl halides is 3. The normalized spacial score (nSPS) is 21.5. The Morgan fingerprint density at radius 1 is 1.13 bits per heavy atom. The molecule has 0 spiro atoms. The van der Waals surface area contributed by atoms with Crippen molar-refractivity contribution in [2.75, 3.05) is 38.5 Å². The summed E-state index contributed by atoms with van der Waals surface area (Å²) in [6, 6.07) is 5.23. The van der Waals surface area contributed by atoms with Gasteiger partial charge in [-0.05, 0) is 37.5 Å². The molecule has 1 atom stereocenters. The van der Waals surface area contributed by atoms with Gasteiger partial charge in [-0.1, -0.05) is 36.4 Å². The predicted octanol–water partition coefficient (Wildman–Crippen LogP) is 3.27. The van der Waals surface area contributed by atoms with Gasteiger partial charge in [-0.2, -0.15) is 17.5 Å². The van der Waals surface area contributed by atoms with E-state index in [4.69, 9.17) is 0 Å². The van der Waals surface area contributed by atoms with E-state index in [1.165, 1.54) is 0 Å². The lowest BCUT2D eigenvalue weighted by molar-refractivity contribution is -0.133. The minimum atomic E-state index is -4.70. The molecule has 4 rings (SSSR count). The van der Waals surface area contributed by atoms with Crippen molar-refractivity contribution in [3.63, 3.8) is 0 Å². The van der Waals surface area contributed by atoms with Crippen LogP contribution in [0.1, 0.15) is 47.7 Å². The van der Waals surface area contributed by atoms with Crippen LogP contribution in [-0.4, -0.2) is 90.7 Å². The zero-order chi connectivity index (χ0) is 29.0. The smallest absolute Gasteiger partial charge is 0.324 e. The van der Waals surface area contributed by atoms with E-state index >= 15 is 0 Å². The Morgan fingerprint density at radius 3 is 2.36 bits per heavy atom. The number of hydrogen-bond donors (Lipinski definition) is 0. The number of benzene rings is 1. The minimum Gasteiger partial charge on any atom is -0.324 e. The molecule has 1 amide bonds. The van der Waals surface area contributed by atoms with Crippen molar-refractivity contribution in [2.45, 2.75) is 51.9 Å². The molecule has 214 valence electrons. The van der Waals surface area contributed by atoms with Crippen molar-refractivity contribution in [2.24, 2.45) is 0 Å². The summed E-state index contributed by atoms with van der Waals surface area (Å²) in [5.41, 5.74) is 3.86. The van der Waals surface area contributed by atoms with Gasteiger partial charge in [0.1, 0.15) is 5.78 Å². The van der Waals surface area contributed by atoms with E-state index in [1.807, 2.05) is 43.0 Å². The largest absolute Gasteiger partial charge is 0.404 e. The number of aryl methyl sites for hydroxylation is 1. The SMILES string of the molecule is C=C/C=C(\C)CN1CCN(S(=O)(=O)CC(F)(F)F)CC1.Cc1cccc2c1CN(C1CCC(=O)CC1=O)C2=O. The number of carbonyl (C=O) groups is 3. The highest BCUT2D eigenvalue weighted by molar-refractivity contribution is 7.89. The van der Waals surface area contributed by atoms with Crippen LogP contribution in [0.4, 0.5) is 13.2 Å². The first-order valence-electron chi connectivity index (χ1n) is 12.7. The van der Waals surface area contributed by atoms with Crippen LogP contribution in [0.25, 0.3) is 0 Å². The number of halogens is 3. The van der Waals surface area contributed by atoms with Gasteiger partial charge in [0.15, 0.2) is 11.5 Å². The van der Waals surface area contributed by atoms with Crippen molar-refractivity contribution in [3.8, 4) is 0 Å². The molecule has 0 bridgehead atoms. The average Bonchev–Trinajstić information content (AvgIpc) is 3.16. The van der Waals surface area contributed by atoms with E-state index in [9.17, 15) is 36.0 Å². The highest BCUT2D eigenvalue weighted by Gasteiger charge is 2.40. The maximum absolute atomic E-state index is 12.4. The van der Waals surface area contributed by atoms with E-state index in [0.717, 1.165) is 21.0 Å². The van der Waals surface area contributed by atoms with Gasteiger partial charge < -0.3 is 4.90 Å². The summed E-state index contributed by atoms with van der Waals surface area (Å²) < 4.78 is 60.7. The molecule has 2 fully saturated rings. The van der Waals surface area contributed by atoms with Gasteiger partial charge in [-0.15, -0.1) is 0 Å². The van der Waals surface area contributed by atoms with Gasteiger partial charge in [-0.3, -0.25) is 19.3 Å². The first-order chi connectivity index (χ1) is 18.2. The Bertz CT molecular complexity index is 1250. The van der Waals surface area contributed by atoms with Crippen LogP contribution in [0.3, 0.4) is 0 Å². The Balaban J connectivity index is 0.000000216. The van der Waals surface area contributed by atoms with Crippen molar-refractivity contribution in [1.29, 1.82) is 0 Å². The number of Topliss-reactive ketones (excluding diaryl/α,β-unsaturated/α-hetero) is 2. The van der Waals surface area contributed by atoms with Crippen LogP contribution in [0, 0.1) is 6.92 Å². The molecule has 1 unspecified atom stereocenters. The number of rotatable bonds is 6. The van der Waals surface area contributed by atoms with Gasteiger partial charge in [0.05, 0.1) is 12.5 Å². The molecular formula is C27H34F3N3O5S. The number of hydrogen-bond acceptors (Lipinski definition) is 6. The van der Waals surface area contributed by atoms with Crippen LogP contribution in [-0.2, 0) is 26.2 Å². The molecule has 0 radical (unpaired) electrons. The topological polar surface area (TPSA) is 95.1 Å². The number of amides is 1. The third-order valence-corrected chi connectivity index (χ3v) is 8.84. The molecule has 8 nitrogen and oxygen atoms in total. The number of carbonyl (C=O) groups excluding carboxylic acids is 3. The third-order valence-electron chi connectivity index (χ3n) is 6.99. The van der Waals surface area contributed by atoms with Crippen LogP contribution in [0.5, 0.6) is 0 Å². The van der Waals surface area contributed by atoms with E-state index < -0.39 is 28.0 Å². The summed E-state index contributed by atoms with van der Waals surface area (Å²) in [6.45, 7) is 9.69. The molecule has 12 heteroatoms. The number of sulfonamides is 1. The number of ketones is 2. The van der Waals surface area contributed by atoms with Crippen molar-refractivity contribution >= 4 is 27.5 Å². The molecule has 1 saturated heterocycles. The molecule has 2 aliphatic heterocycles. The summed E-state index contributed by atoms with van der Waals surface area (Å²) >= 11 is 0. The second kappa shape index (κ2) is 12.6. The van der Waals surface area contributed by atoms with Crippen LogP contribution < -0.4 is 0 Å². The first-order valence-corrected chi connectivity index (χ1v) is 14.3. The molecule has 0 N–H and O–H groups in total. The van der Waals surface area contributed by atoms with Crippen LogP contribution in [0.15, 0.2) is 42.5 Å². The molecule has 2 heterocycles. The number of nitrogens with zero attached hydrogens (tertiary/aromatic N) is 3. The van der Waals surface area contributed by atoms with E-state index in [1.54, 1.807) is 11.0 Å². The number of fused-ring (bicyclic) bond motifs is 1. The highest BCUT2D eigenvalue weighted by atomic mass is 32.2. The van der Waals surface area contributed by atoms with Gasteiger partial charge in [0.2, 0.25) is 10.0 Å². The van der Waals surface area contributed by atoms with Crippen molar-refractivity contribution < 1.29 is 36.0 Å². The molecule has 1 saturated carbocycles. The fourth-order valence-corrected chi connectivity index (χ4v) is 6.34. The van der Waals surface area contributed by atoms with Gasteiger partial charge >= 0.3 is 6.18 Å². The fraction of sp³-hybridized carbons (Fsp3) is 0.519. The fourth-order valence-electron chi connectivity index (χ4n) is 5.02. The quantitative estimate of drug-likeness (QED) is 0.386. The lowest BCUT2D eigenvalue weighted by Crippen LogP contribution is -2.50. The maximum Gasteiger partial charge on any atom is 0.404 e. The summed E-state index contributed by atoms with van der Waals surface area (Å²) in [4.78, 5) is 39.2. The Kier molecular flexibility index (Phi) is 9.89. The van der Waals surface area contributed by atoms with Crippen molar-refractivity contribution in [3.05, 3.63) is 59.2 Å².